The summed E-state index contributed by atoms with van der Waals surface area (Å²) in [5, 5.41) is 0. The molecule has 0 spiro atoms. The molecule has 0 aromatic rings. The molecule has 0 heterocycles. The number of nitrogens with zero attached hydrogens (tertiary/aromatic N) is 1. The Morgan fingerprint density at radius 1 is 0.615 bits per heavy atom. The van der Waals surface area contributed by atoms with Gasteiger partial charge in [-0.25, -0.2) is 0 Å². The molecular weight excluding hydrogens is 362 g/mol. The third kappa shape index (κ3) is 7.00. The monoisotopic (exact) mass is 407 g/mol. The normalized spacial score (nSPS) is 15.5. The highest BCUT2D eigenvalue weighted by Crippen LogP contribution is 2.29. The summed E-state index contributed by atoms with van der Waals surface area (Å²) in [6, 6.07) is 0. The molecule has 0 aromatic carbocycles. The Hall–Kier alpha value is 0.234. The fraction of sp³-hybridized carbons (Fsp3) is 1.00. The molecule has 0 aromatic heterocycles. The van der Waals surface area contributed by atoms with Crippen LogP contribution in [0.15, 0.2) is 0 Å². The molecule has 0 rings (SSSR count). The molecule has 0 aliphatic rings. The van der Waals surface area contributed by atoms with Crippen molar-refractivity contribution in [3.05, 3.63) is 0 Å². The van der Waals surface area contributed by atoms with Gasteiger partial charge in [-0.2, -0.15) is 0 Å². The molecule has 2 unspecified atom stereocenters. The minimum absolute atomic E-state index is 0.292. The van der Waals surface area contributed by atoms with E-state index in [1.54, 1.807) is 0 Å². The standard InChI is InChI=1S/C19H45NO4Si2/c1-10-17-20(18(11-2)25(8,21-13-4)22-14-5)19(12-3)26(9,23-15-6)24-16-7/h18-19H,10-17H2,1-9H3. The number of rotatable bonds is 16. The maximum atomic E-state index is 6.29. The van der Waals surface area contributed by atoms with Crippen LogP contribution in [0, 0.1) is 0 Å². The predicted octanol–water partition coefficient (Wildman–Crippen LogP) is 4.62. The lowest BCUT2D eigenvalue weighted by Crippen LogP contribution is -2.67. The molecule has 0 saturated carbocycles. The Balaban J connectivity index is 5.97. The summed E-state index contributed by atoms with van der Waals surface area (Å²) in [6.07, 6.45) is 3.13. The van der Waals surface area contributed by atoms with Crippen LogP contribution in [0.1, 0.15) is 67.7 Å². The smallest absolute Gasteiger partial charge is 0.352 e. The first-order chi connectivity index (χ1) is 12.3. The van der Waals surface area contributed by atoms with Crippen molar-refractivity contribution in [1.82, 2.24) is 4.90 Å². The van der Waals surface area contributed by atoms with Gasteiger partial charge in [0.05, 0.1) is 11.3 Å². The molecule has 0 fully saturated rings. The van der Waals surface area contributed by atoms with Crippen molar-refractivity contribution in [3.63, 3.8) is 0 Å². The van der Waals surface area contributed by atoms with E-state index >= 15 is 0 Å². The average Bonchev–Trinajstić information content (AvgIpc) is 2.56. The predicted molar refractivity (Wildman–Crippen MR) is 115 cm³/mol. The molecule has 5 nitrogen and oxygen atoms in total. The van der Waals surface area contributed by atoms with Crippen molar-refractivity contribution in [2.45, 2.75) is 92.2 Å². The van der Waals surface area contributed by atoms with Gasteiger partial charge < -0.3 is 17.7 Å². The van der Waals surface area contributed by atoms with Gasteiger partial charge in [-0.3, -0.25) is 4.90 Å². The molecule has 0 aliphatic heterocycles. The molecule has 0 aliphatic carbocycles. The van der Waals surface area contributed by atoms with Crippen molar-refractivity contribution in [3.8, 4) is 0 Å². The molecule has 2 atom stereocenters. The third-order valence-corrected chi connectivity index (χ3v) is 12.3. The van der Waals surface area contributed by atoms with E-state index in [9.17, 15) is 0 Å². The van der Waals surface area contributed by atoms with Gasteiger partial charge in [-0.05, 0) is 66.6 Å². The van der Waals surface area contributed by atoms with E-state index < -0.39 is 17.1 Å². The number of hydrogen-bond donors (Lipinski definition) is 0. The Morgan fingerprint density at radius 3 is 1.12 bits per heavy atom. The molecule has 0 radical (unpaired) electrons. The van der Waals surface area contributed by atoms with Gasteiger partial charge in [-0.1, -0.05) is 20.8 Å². The second kappa shape index (κ2) is 13.4. The zero-order valence-electron chi connectivity index (χ0n) is 18.9. The van der Waals surface area contributed by atoms with Gasteiger partial charge in [0.2, 0.25) is 0 Å². The highest BCUT2D eigenvalue weighted by Gasteiger charge is 2.51. The van der Waals surface area contributed by atoms with E-state index in [4.69, 9.17) is 17.7 Å². The van der Waals surface area contributed by atoms with Crippen LogP contribution in [-0.2, 0) is 17.7 Å². The van der Waals surface area contributed by atoms with Gasteiger partial charge >= 0.3 is 17.1 Å². The number of hydrogen-bond acceptors (Lipinski definition) is 5. The summed E-state index contributed by atoms with van der Waals surface area (Å²) in [7, 11) is -4.69. The van der Waals surface area contributed by atoms with Crippen LogP contribution in [0.5, 0.6) is 0 Å². The Kier molecular flexibility index (Phi) is 13.5. The molecule has 0 amide bonds. The van der Waals surface area contributed by atoms with Crippen LogP contribution in [0.25, 0.3) is 0 Å². The average molecular weight is 408 g/mol. The maximum absolute atomic E-state index is 6.29. The van der Waals surface area contributed by atoms with Gasteiger partial charge in [0.25, 0.3) is 0 Å². The van der Waals surface area contributed by atoms with Crippen molar-refractivity contribution in [2.75, 3.05) is 33.0 Å². The summed E-state index contributed by atoms with van der Waals surface area (Å²) in [5.74, 6) is 0. The van der Waals surface area contributed by atoms with Crippen LogP contribution >= 0.6 is 0 Å². The summed E-state index contributed by atoms with van der Waals surface area (Å²) in [4.78, 5) is 2.62. The van der Waals surface area contributed by atoms with Crippen molar-refractivity contribution in [2.24, 2.45) is 0 Å². The van der Waals surface area contributed by atoms with Crippen LogP contribution in [0.3, 0.4) is 0 Å². The Bertz CT molecular complexity index is 318. The fourth-order valence-corrected chi connectivity index (χ4v) is 10.9. The lowest BCUT2D eigenvalue weighted by atomic mass is 10.3. The second-order valence-electron chi connectivity index (χ2n) is 6.85. The first-order valence-corrected chi connectivity index (χ1v) is 15.4. The second-order valence-corrected chi connectivity index (χ2v) is 13.4. The van der Waals surface area contributed by atoms with E-state index in [0.29, 0.717) is 37.8 Å². The third-order valence-electron chi connectivity index (χ3n) is 4.99. The van der Waals surface area contributed by atoms with Gasteiger partial charge in [0, 0.05) is 26.4 Å². The summed E-state index contributed by atoms with van der Waals surface area (Å²) in [5.41, 5.74) is 0.583. The van der Waals surface area contributed by atoms with Crippen LogP contribution in [0.2, 0.25) is 13.1 Å². The SMILES string of the molecule is CCCN(C(CC)[Si](C)(OCC)OCC)C(CC)[Si](C)(OCC)OCC. The summed E-state index contributed by atoms with van der Waals surface area (Å²) < 4.78 is 25.1. The zero-order valence-corrected chi connectivity index (χ0v) is 20.9. The first kappa shape index (κ1) is 26.2. The molecule has 0 N–H and O–H groups in total. The summed E-state index contributed by atoms with van der Waals surface area (Å²) in [6.45, 7) is 23.3. The van der Waals surface area contributed by atoms with Gasteiger partial charge in [0.1, 0.15) is 0 Å². The molecule has 7 heteroatoms. The first-order valence-electron chi connectivity index (χ1n) is 10.6. The molecule has 158 valence electrons. The lowest BCUT2D eigenvalue weighted by Gasteiger charge is -2.48. The van der Waals surface area contributed by atoms with Crippen LogP contribution in [-0.4, -0.2) is 66.3 Å². The maximum Gasteiger partial charge on any atom is 0.352 e. The molecule has 26 heavy (non-hydrogen) atoms. The molecular formula is C19H45NO4Si2. The molecule has 0 bridgehead atoms. The lowest BCUT2D eigenvalue weighted by molar-refractivity contribution is 0.0881. The minimum Gasteiger partial charge on any atom is -0.394 e. The van der Waals surface area contributed by atoms with Crippen LogP contribution in [0.4, 0.5) is 0 Å². The van der Waals surface area contributed by atoms with E-state index in [2.05, 4.69) is 66.5 Å². The van der Waals surface area contributed by atoms with Gasteiger partial charge in [0.15, 0.2) is 0 Å². The van der Waals surface area contributed by atoms with Crippen LogP contribution < -0.4 is 0 Å². The topological polar surface area (TPSA) is 40.2 Å². The van der Waals surface area contributed by atoms with Gasteiger partial charge in [-0.15, -0.1) is 0 Å². The highest BCUT2D eigenvalue weighted by molar-refractivity contribution is 6.69. The van der Waals surface area contributed by atoms with E-state index in [1.165, 1.54) is 0 Å². The largest absolute Gasteiger partial charge is 0.394 e. The highest BCUT2D eigenvalue weighted by atomic mass is 28.4. The van der Waals surface area contributed by atoms with E-state index in [0.717, 1.165) is 25.8 Å². The van der Waals surface area contributed by atoms with Crippen molar-refractivity contribution >= 4 is 17.1 Å². The molecule has 0 saturated heterocycles. The van der Waals surface area contributed by atoms with E-state index in [-0.39, 0.29) is 0 Å². The Morgan fingerprint density at radius 2 is 0.923 bits per heavy atom. The van der Waals surface area contributed by atoms with Crippen molar-refractivity contribution in [1.29, 1.82) is 0 Å². The Labute approximate surface area is 165 Å². The summed E-state index contributed by atoms with van der Waals surface area (Å²) >= 11 is 0. The van der Waals surface area contributed by atoms with E-state index in [1.807, 2.05) is 0 Å². The van der Waals surface area contributed by atoms with Crippen molar-refractivity contribution < 1.29 is 17.7 Å². The quantitative estimate of drug-likeness (QED) is 0.349. The fourth-order valence-electron chi connectivity index (χ4n) is 4.21. The zero-order chi connectivity index (χ0) is 20.2. The minimum atomic E-state index is -2.35.